The van der Waals surface area contributed by atoms with E-state index >= 15 is 0 Å². The van der Waals surface area contributed by atoms with Crippen LogP contribution in [0, 0.1) is 18.3 Å². The number of aromatic nitrogens is 5. The van der Waals surface area contributed by atoms with Crippen molar-refractivity contribution in [2.75, 3.05) is 31.6 Å². The van der Waals surface area contributed by atoms with Gasteiger partial charge in [-0.1, -0.05) is 0 Å². The topological polar surface area (TPSA) is 96.8 Å². The van der Waals surface area contributed by atoms with Crippen LogP contribution in [0.1, 0.15) is 36.2 Å². The van der Waals surface area contributed by atoms with Crippen LogP contribution in [0.15, 0.2) is 42.7 Å². The first-order valence-corrected chi connectivity index (χ1v) is 12.3. The molecule has 0 radical (unpaired) electrons. The van der Waals surface area contributed by atoms with E-state index in [9.17, 15) is 14.0 Å². The van der Waals surface area contributed by atoms with E-state index in [2.05, 4.69) is 31.4 Å². The Balaban J connectivity index is 1.28. The van der Waals surface area contributed by atoms with Crippen molar-refractivity contribution in [1.29, 1.82) is 5.26 Å². The molecule has 11 heteroatoms. The summed E-state index contributed by atoms with van der Waals surface area (Å²) >= 11 is 0. The first-order chi connectivity index (χ1) is 18.0. The van der Waals surface area contributed by atoms with Gasteiger partial charge in [-0.15, -0.1) is 0 Å². The monoisotopic (exact) mass is 504 g/mol. The van der Waals surface area contributed by atoms with Crippen LogP contribution in [-0.2, 0) is 4.74 Å². The molecule has 0 saturated carbocycles. The molecule has 0 amide bonds. The molecule has 0 bridgehead atoms. The number of ether oxygens (including phenoxy) is 1. The molecule has 1 N–H and O–H groups in total. The van der Waals surface area contributed by atoms with Gasteiger partial charge >= 0.3 is 0 Å². The average molecular weight is 505 g/mol. The van der Waals surface area contributed by atoms with E-state index in [-0.39, 0.29) is 17.1 Å². The molecule has 2 aliphatic rings. The summed E-state index contributed by atoms with van der Waals surface area (Å²) in [6.07, 6.45) is 1.10. The van der Waals surface area contributed by atoms with Gasteiger partial charge in [0.15, 0.2) is 5.82 Å². The Morgan fingerprint density at radius 3 is 2.62 bits per heavy atom. The largest absolute Gasteiger partial charge is 0.382 e. The molecule has 190 valence electrons. The minimum Gasteiger partial charge on any atom is -0.382 e. The Bertz CT molecular complexity index is 1480. The van der Waals surface area contributed by atoms with E-state index in [4.69, 9.17) is 4.74 Å². The molecule has 3 aromatic heterocycles. The summed E-state index contributed by atoms with van der Waals surface area (Å²) in [6, 6.07) is 13.7. The second kappa shape index (κ2) is 9.53. The zero-order valence-corrected chi connectivity index (χ0v) is 20.3. The highest BCUT2D eigenvalue weighted by Crippen LogP contribution is 2.26. The molecular weight excluding hydrogens is 478 g/mol. The minimum atomic E-state index is -2.71. The highest BCUT2D eigenvalue weighted by Gasteiger charge is 2.29. The molecule has 1 aromatic carbocycles. The van der Waals surface area contributed by atoms with E-state index in [0.717, 1.165) is 55.9 Å². The molecular formula is C26H26F2N8O. The normalized spacial score (nSPS) is 17.3. The van der Waals surface area contributed by atoms with E-state index in [1.165, 1.54) is 10.7 Å². The number of rotatable bonds is 6. The number of nitriles is 1. The van der Waals surface area contributed by atoms with Crippen molar-refractivity contribution in [2.45, 2.75) is 38.3 Å². The number of likely N-dealkylation sites (tertiary alicyclic amines) is 1. The van der Waals surface area contributed by atoms with Crippen LogP contribution < -0.4 is 5.32 Å². The molecule has 2 aliphatic heterocycles. The maximum atomic E-state index is 13.2. The van der Waals surface area contributed by atoms with Crippen LogP contribution in [-0.4, -0.2) is 67.6 Å². The molecule has 4 aromatic rings. The number of hydrogen-bond acceptors (Lipinski definition) is 7. The smallest absolute Gasteiger partial charge is 0.282 e. The zero-order valence-electron chi connectivity index (χ0n) is 20.3. The summed E-state index contributed by atoms with van der Waals surface area (Å²) in [5.41, 5.74) is 3.00. The summed E-state index contributed by atoms with van der Waals surface area (Å²) in [5.74, 6) is 0.710. The van der Waals surface area contributed by atoms with E-state index in [1.54, 1.807) is 25.4 Å². The number of hydrogen-bond donors (Lipinski definition) is 1. The third kappa shape index (κ3) is 4.43. The number of halogens is 2. The Morgan fingerprint density at radius 2 is 1.95 bits per heavy atom. The van der Waals surface area contributed by atoms with Gasteiger partial charge < -0.3 is 10.1 Å². The van der Waals surface area contributed by atoms with Crippen LogP contribution in [0.25, 0.3) is 22.7 Å². The van der Waals surface area contributed by atoms with Gasteiger partial charge in [-0.25, -0.2) is 23.4 Å². The summed E-state index contributed by atoms with van der Waals surface area (Å²) in [4.78, 5) is 11.7. The summed E-state index contributed by atoms with van der Waals surface area (Å²) in [6.45, 7) is 5.46. The Kier molecular flexibility index (Phi) is 6.06. The molecule has 0 unspecified atom stereocenters. The first kappa shape index (κ1) is 23.5. The van der Waals surface area contributed by atoms with Crippen molar-refractivity contribution >= 4 is 16.7 Å². The zero-order chi connectivity index (χ0) is 25.5. The van der Waals surface area contributed by atoms with Crippen LogP contribution in [0.2, 0.25) is 0 Å². The number of piperidine rings is 1. The fraction of sp³-hybridized carbons (Fsp3) is 0.385. The third-order valence-corrected chi connectivity index (χ3v) is 7.14. The molecule has 0 atom stereocenters. The fourth-order valence-corrected chi connectivity index (χ4v) is 5.00. The maximum absolute atomic E-state index is 13.2. The van der Waals surface area contributed by atoms with Gasteiger partial charge in [-0.2, -0.15) is 10.4 Å². The second-order valence-electron chi connectivity index (χ2n) is 9.54. The van der Waals surface area contributed by atoms with E-state index in [0.29, 0.717) is 23.6 Å². The quantitative estimate of drug-likeness (QED) is 0.424. The van der Waals surface area contributed by atoms with E-state index < -0.39 is 6.43 Å². The predicted molar refractivity (Wildman–Crippen MR) is 133 cm³/mol. The number of fused-ring (bicyclic) bond motifs is 1. The number of benzene rings is 1. The van der Waals surface area contributed by atoms with Crippen molar-refractivity contribution in [3.8, 4) is 17.7 Å². The van der Waals surface area contributed by atoms with Crippen molar-refractivity contribution in [2.24, 2.45) is 0 Å². The van der Waals surface area contributed by atoms with Crippen molar-refractivity contribution in [1.82, 2.24) is 29.2 Å². The first-order valence-electron chi connectivity index (χ1n) is 12.3. The Hall–Kier alpha value is -3.88. The number of alkyl halides is 2. The fourth-order valence-electron chi connectivity index (χ4n) is 5.00. The van der Waals surface area contributed by atoms with Gasteiger partial charge in [-0.05, 0) is 56.2 Å². The van der Waals surface area contributed by atoms with E-state index in [1.807, 2.05) is 22.8 Å². The number of anilines is 1. The van der Waals surface area contributed by atoms with Crippen LogP contribution >= 0.6 is 0 Å². The lowest BCUT2D eigenvalue weighted by Gasteiger charge is -2.41. The van der Waals surface area contributed by atoms with Crippen molar-refractivity contribution < 1.29 is 13.5 Å². The lowest BCUT2D eigenvalue weighted by molar-refractivity contribution is -0.0705. The molecule has 9 nitrogen and oxygen atoms in total. The maximum Gasteiger partial charge on any atom is 0.282 e. The average Bonchev–Trinajstić information content (AvgIpc) is 3.47. The molecule has 0 aliphatic carbocycles. The molecule has 2 fully saturated rings. The standard InChI is InChI=1S/C26H26F2N8O/c1-16-10-22(25(27)28)33-36(16)26-17(12-29)2-5-24(32-26)35-15-30-21-4-3-19(11-23(21)35)31-18-6-8-34(9-7-18)20-13-37-14-20/h2-5,10-11,15,18,20,25,31H,6-9,13-14H2,1H3. The number of nitrogens with zero attached hydrogens (tertiary/aromatic N) is 7. The molecule has 0 spiro atoms. The van der Waals surface area contributed by atoms with Gasteiger partial charge in [0.1, 0.15) is 23.9 Å². The highest BCUT2D eigenvalue weighted by atomic mass is 19.3. The highest BCUT2D eigenvalue weighted by molar-refractivity contribution is 5.81. The number of aryl methyl sites for hydroxylation is 1. The summed E-state index contributed by atoms with van der Waals surface area (Å²) < 4.78 is 34.9. The van der Waals surface area contributed by atoms with Crippen molar-refractivity contribution in [3.05, 3.63) is 59.7 Å². The Morgan fingerprint density at radius 1 is 1.14 bits per heavy atom. The summed E-state index contributed by atoms with van der Waals surface area (Å²) in [5, 5.41) is 17.3. The summed E-state index contributed by atoms with van der Waals surface area (Å²) in [7, 11) is 0. The third-order valence-electron chi connectivity index (χ3n) is 7.14. The molecule has 2 saturated heterocycles. The van der Waals surface area contributed by atoms with Gasteiger partial charge in [0.2, 0.25) is 0 Å². The van der Waals surface area contributed by atoms with Gasteiger partial charge in [-0.3, -0.25) is 9.47 Å². The molecule has 6 rings (SSSR count). The lowest BCUT2D eigenvalue weighted by atomic mass is 10.0. The van der Waals surface area contributed by atoms with Crippen molar-refractivity contribution in [3.63, 3.8) is 0 Å². The minimum absolute atomic E-state index is 0.198. The van der Waals surface area contributed by atoms with Gasteiger partial charge in [0, 0.05) is 30.5 Å². The molecule has 37 heavy (non-hydrogen) atoms. The number of imidazole rings is 1. The SMILES string of the molecule is Cc1cc(C(F)F)nn1-c1nc(-n2cnc3ccc(NC4CCN(C5COC5)CC4)cc32)ccc1C#N. The van der Waals surface area contributed by atoms with Crippen LogP contribution in [0.4, 0.5) is 14.5 Å². The lowest BCUT2D eigenvalue weighted by Crippen LogP contribution is -2.53. The number of pyridine rings is 1. The van der Waals surface area contributed by atoms with Crippen LogP contribution in [0.3, 0.4) is 0 Å². The van der Waals surface area contributed by atoms with Crippen LogP contribution in [0.5, 0.6) is 0 Å². The number of nitrogens with one attached hydrogen (secondary N) is 1. The van der Waals surface area contributed by atoms with Gasteiger partial charge in [0.05, 0.1) is 35.9 Å². The second-order valence-corrected chi connectivity index (χ2v) is 9.54. The Labute approximate surface area is 212 Å². The van der Waals surface area contributed by atoms with Gasteiger partial charge in [0.25, 0.3) is 6.43 Å². The molecule has 5 heterocycles. The predicted octanol–water partition coefficient (Wildman–Crippen LogP) is 4.00.